The van der Waals surface area contributed by atoms with Crippen LogP contribution in [-0.4, -0.2) is 47.8 Å². The van der Waals surface area contributed by atoms with E-state index in [2.05, 4.69) is 10.2 Å². The lowest BCUT2D eigenvalue weighted by Gasteiger charge is -2.36. The second-order valence-corrected chi connectivity index (χ2v) is 4.67. The van der Waals surface area contributed by atoms with Gasteiger partial charge in [-0.2, -0.15) is 0 Å². The molecule has 82 valence electrons. The van der Waals surface area contributed by atoms with Gasteiger partial charge in [0.15, 0.2) is 0 Å². The van der Waals surface area contributed by atoms with Gasteiger partial charge in [0.1, 0.15) is 0 Å². The van der Waals surface area contributed by atoms with Gasteiger partial charge >= 0.3 is 0 Å². The normalized spacial score (nSPS) is 33.4. The molecule has 0 unspecified atom stereocenters. The first kappa shape index (κ1) is 10.4. The Balaban J connectivity index is 1.94. The van der Waals surface area contributed by atoms with E-state index in [-0.39, 0.29) is 6.10 Å². The zero-order chi connectivity index (χ0) is 9.97. The number of rotatable bonds is 2. The van der Waals surface area contributed by atoms with E-state index in [0.717, 1.165) is 19.1 Å². The number of hydrogen-bond acceptors (Lipinski definition) is 3. The fourth-order valence-corrected chi connectivity index (χ4v) is 2.92. The smallest absolute Gasteiger partial charge is 0.0667 e. The minimum Gasteiger partial charge on any atom is -0.392 e. The molecule has 2 aliphatic heterocycles. The van der Waals surface area contributed by atoms with Crippen LogP contribution in [0.2, 0.25) is 0 Å². The monoisotopic (exact) mass is 198 g/mol. The van der Waals surface area contributed by atoms with Gasteiger partial charge in [-0.15, -0.1) is 0 Å². The summed E-state index contributed by atoms with van der Waals surface area (Å²) in [5, 5.41) is 13.1. The molecule has 14 heavy (non-hydrogen) atoms. The van der Waals surface area contributed by atoms with Crippen LogP contribution in [-0.2, 0) is 0 Å². The predicted octanol–water partition coefficient (Wildman–Crippen LogP) is 0.584. The second-order valence-electron chi connectivity index (χ2n) is 4.67. The minimum atomic E-state index is -0.160. The van der Waals surface area contributed by atoms with E-state index < -0.39 is 0 Å². The first-order valence-electron chi connectivity index (χ1n) is 5.93. The molecule has 3 heteroatoms. The number of nitrogens with zero attached hydrogens (tertiary/aromatic N) is 1. The molecule has 0 aromatic heterocycles. The molecule has 2 saturated heterocycles. The van der Waals surface area contributed by atoms with Crippen LogP contribution in [0.15, 0.2) is 0 Å². The topological polar surface area (TPSA) is 35.5 Å². The van der Waals surface area contributed by atoms with E-state index >= 15 is 0 Å². The molecule has 0 saturated carbocycles. The molecule has 2 rings (SSSR count). The van der Waals surface area contributed by atoms with Crippen molar-refractivity contribution in [2.75, 3.05) is 19.6 Å². The molecule has 0 radical (unpaired) electrons. The van der Waals surface area contributed by atoms with Crippen molar-refractivity contribution in [2.45, 2.75) is 50.8 Å². The van der Waals surface area contributed by atoms with Crippen LogP contribution >= 0.6 is 0 Å². The highest BCUT2D eigenvalue weighted by molar-refractivity contribution is 4.89. The Kier molecular flexibility index (Phi) is 3.42. The Morgan fingerprint density at radius 3 is 2.64 bits per heavy atom. The average Bonchev–Trinajstić information content (AvgIpc) is 2.67. The maximum Gasteiger partial charge on any atom is 0.0667 e. The summed E-state index contributed by atoms with van der Waals surface area (Å²) < 4.78 is 0. The van der Waals surface area contributed by atoms with Crippen molar-refractivity contribution < 1.29 is 5.11 Å². The summed E-state index contributed by atoms with van der Waals surface area (Å²) in [6.07, 6.45) is 4.79. The van der Waals surface area contributed by atoms with Crippen molar-refractivity contribution >= 4 is 0 Å². The zero-order valence-electron chi connectivity index (χ0n) is 9.08. The van der Waals surface area contributed by atoms with Crippen LogP contribution in [0.3, 0.4) is 0 Å². The van der Waals surface area contributed by atoms with E-state index in [1.165, 1.54) is 32.2 Å². The lowest BCUT2D eigenvalue weighted by Crippen LogP contribution is -2.48. The summed E-state index contributed by atoms with van der Waals surface area (Å²) in [6, 6.07) is 1.15. The van der Waals surface area contributed by atoms with Crippen molar-refractivity contribution in [3.63, 3.8) is 0 Å². The van der Waals surface area contributed by atoms with Crippen molar-refractivity contribution in [1.82, 2.24) is 10.2 Å². The summed E-state index contributed by atoms with van der Waals surface area (Å²) >= 11 is 0. The minimum absolute atomic E-state index is 0.160. The van der Waals surface area contributed by atoms with Crippen LogP contribution in [0.1, 0.15) is 32.6 Å². The third-order valence-corrected chi connectivity index (χ3v) is 3.68. The quantitative estimate of drug-likeness (QED) is 0.681. The third-order valence-electron chi connectivity index (χ3n) is 3.68. The molecule has 2 heterocycles. The van der Waals surface area contributed by atoms with Crippen LogP contribution in [0, 0.1) is 0 Å². The number of aliphatic hydroxyl groups is 1. The van der Waals surface area contributed by atoms with Crippen LogP contribution < -0.4 is 5.32 Å². The highest BCUT2D eigenvalue weighted by Gasteiger charge is 2.33. The molecular weight excluding hydrogens is 176 g/mol. The van der Waals surface area contributed by atoms with Crippen LogP contribution in [0.25, 0.3) is 0 Å². The number of likely N-dealkylation sites (tertiary alicyclic amines) is 1. The zero-order valence-corrected chi connectivity index (χ0v) is 9.08. The van der Waals surface area contributed by atoms with Crippen LogP contribution in [0.4, 0.5) is 0 Å². The number of piperidine rings is 1. The van der Waals surface area contributed by atoms with Crippen molar-refractivity contribution in [3.8, 4) is 0 Å². The lowest BCUT2D eigenvalue weighted by molar-refractivity contribution is 0.0517. The summed E-state index contributed by atoms with van der Waals surface area (Å²) in [6.45, 7) is 5.42. The highest BCUT2D eigenvalue weighted by Crippen LogP contribution is 2.26. The maximum atomic E-state index is 9.70. The summed E-state index contributed by atoms with van der Waals surface area (Å²) in [5.41, 5.74) is 0. The van der Waals surface area contributed by atoms with Crippen molar-refractivity contribution in [2.24, 2.45) is 0 Å². The fourth-order valence-electron chi connectivity index (χ4n) is 2.92. The average molecular weight is 198 g/mol. The Hall–Kier alpha value is -0.120. The fraction of sp³-hybridized carbons (Fsp3) is 1.00. The van der Waals surface area contributed by atoms with E-state index in [1.54, 1.807) is 0 Å². The molecule has 3 nitrogen and oxygen atoms in total. The SMILES string of the molecule is C[C@H](O)[C@@H]1CCCN1C1CCNCC1. The summed E-state index contributed by atoms with van der Waals surface area (Å²) in [5.74, 6) is 0. The Morgan fingerprint density at radius 1 is 1.29 bits per heavy atom. The van der Waals surface area contributed by atoms with E-state index in [4.69, 9.17) is 0 Å². The predicted molar refractivity (Wildman–Crippen MR) is 57.3 cm³/mol. The Labute approximate surface area is 86.5 Å². The Morgan fingerprint density at radius 2 is 2.00 bits per heavy atom. The van der Waals surface area contributed by atoms with Gasteiger partial charge in [-0.25, -0.2) is 0 Å². The molecular formula is C11H22N2O. The number of hydrogen-bond donors (Lipinski definition) is 2. The first-order chi connectivity index (χ1) is 6.79. The maximum absolute atomic E-state index is 9.70. The van der Waals surface area contributed by atoms with E-state index in [1.807, 2.05) is 6.92 Å². The molecule has 0 bridgehead atoms. The van der Waals surface area contributed by atoms with Gasteiger partial charge in [0.25, 0.3) is 0 Å². The van der Waals surface area contributed by atoms with E-state index in [9.17, 15) is 5.11 Å². The van der Waals surface area contributed by atoms with Gasteiger partial charge in [0.2, 0.25) is 0 Å². The number of nitrogens with one attached hydrogen (secondary N) is 1. The van der Waals surface area contributed by atoms with Crippen molar-refractivity contribution in [1.29, 1.82) is 0 Å². The molecule has 2 aliphatic rings. The molecule has 0 amide bonds. The molecule has 2 N–H and O–H groups in total. The van der Waals surface area contributed by atoms with Gasteiger partial charge in [-0.05, 0) is 52.2 Å². The summed E-state index contributed by atoms with van der Waals surface area (Å²) in [4.78, 5) is 2.55. The van der Waals surface area contributed by atoms with Gasteiger partial charge in [-0.1, -0.05) is 0 Å². The van der Waals surface area contributed by atoms with Gasteiger partial charge in [0.05, 0.1) is 6.10 Å². The first-order valence-corrected chi connectivity index (χ1v) is 5.93. The number of aliphatic hydroxyl groups excluding tert-OH is 1. The Bertz CT molecular complexity index is 178. The van der Waals surface area contributed by atoms with Gasteiger partial charge in [-0.3, -0.25) is 4.90 Å². The highest BCUT2D eigenvalue weighted by atomic mass is 16.3. The lowest BCUT2D eigenvalue weighted by atomic mass is 10.0. The molecule has 0 aromatic rings. The standard InChI is InChI=1S/C11H22N2O/c1-9(14)11-3-2-8-13(11)10-4-6-12-7-5-10/h9-12,14H,2-8H2,1H3/t9-,11-/m0/s1. The second kappa shape index (κ2) is 4.60. The largest absolute Gasteiger partial charge is 0.392 e. The summed E-state index contributed by atoms with van der Waals surface area (Å²) in [7, 11) is 0. The van der Waals surface area contributed by atoms with Crippen molar-refractivity contribution in [3.05, 3.63) is 0 Å². The van der Waals surface area contributed by atoms with Crippen LogP contribution in [0.5, 0.6) is 0 Å². The molecule has 0 spiro atoms. The third kappa shape index (κ3) is 2.10. The van der Waals surface area contributed by atoms with Gasteiger partial charge < -0.3 is 10.4 Å². The molecule has 2 fully saturated rings. The van der Waals surface area contributed by atoms with Gasteiger partial charge in [0, 0.05) is 12.1 Å². The van der Waals surface area contributed by atoms with E-state index in [0.29, 0.717) is 6.04 Å². The molecule has 0 aromatic carbocycles. The molecule has 2 atom stereocenters. The molecule has 0 aliphatic carbocycles.